The summed E-state index contributed by atoms with van der Waals surface area (Å²) in [5, 5.41) is 13.1. The van der Waals surface area contributed by atoms with Crippen molar-refractivity contribution in [1.82, 2.24) is 5.32 Å². The predicted molar refractivity (Wildman–Crippen MR) is 75.9 cm³/mol. The molecule has 0 saturated heterocycles. The Morgan fingerprint density at radius 2 is 1.89 bits per heavy atom. The largest absolute Gasteiger partial charge is 0.391 e. The molecule has 3 unspecified atom stereocenters. The molecule has 0 spiro atoms. The second-order valence-electron chi connectivity index (χ2n) is 5.45. The Morgan fingerprint density at radius 1 is 1.21 bits per heavy atom. The van der Waals surface area contributed by atoms with Crippen LogP contribution in [-0.2, 0) is 4.79 Å². The number of aliphatic hydroxyl groups is 1. The Balaban J connectivity index is 1.96. The maximum atomic E-state index is 12.2. The average molecular weight is 261 g/mol. The van der Waals surface area contributed by atoms with Crippen molar-refractivity contribution in [2.24, 2.45) is 0 Å². The molecule has 1 amide bonds. The monoisotopic (exact) mass is 261 g/mol. The molecule has 104 valence electrons. The van der Waals surface area contributed by atoms with Crippen molar-refractivity contribution in [2.75, 3.05) is 0 Å². The summed E-state index contributed by atoms with van der Waals surface area (Å²) >= 11 is 0. The predicted octanol–water partition coefficient (Wildman–Crippen LogP) is 2.60. The van der Waals surface area contributed by atoms with Gasteiger partial charge in [-0.15, -0.1) is 0 Å². The van der Waals surface area contributed by atoms with E-state index in [1.807, 2.05) is 37.3 Å². The molecular formula is C16H23NO2. The molecule has 0 aliphatic heterocycles. The van der Waals surface area contributed by atoms with Crippen LogP contribution in [0.25, 0.3) is 0 Å². The first-order chi connectivity index (χ1) is 9.18. The van der Waals surface area contributed by atoms with Gasteiger partial charge in [0.1, 0.15) is 0 Å². The summed E-state index contributed by atoms with van der Waals surface area (Å²) in [4.78, 5) is 12.2. The first-order valence-corrected chi connectivity index (χ1v) is 7.22. The molecule has 1 aliphatic rings. The highest BCUT2D eigenvalue weighted by atomic mass is 16.3. The molecule has 3 nitrogen and oxygen atoms in total. The molecule has 0 aromatic heterocycles. The Labute approximate surface area is 115 Å². The lowest BCUT2D eigenvalue weighted by Crippen LogP contribution is -2.44. The maximum absolute atomic E-state index is 12.2. The quantitative estimate of drug-likeness (QED) is 0.822. The molecule has 1 aromatic carbocycles. The van der Waals surface area contributed by atoms with Gasteiger partial charge in [0, 0.05) is 0 Å². The zero-order valence-corrected chi connectivity index (χ0v) is 11.5. The molecule has 3 heteroatoms. The van der Waals surface area contributed by atoms with Crippen molar-refractivity contribution >= 4 is 5.91 Å². The minimum Gasteiger partial charge on any atom is -0.391 e. The number of aliphatic hydroxyl groups excluding tert-OH is 1. The summed E-state index contributed by atoms with van der Waals surface area (Å²) in [6, 6.07) is 9.69. The van der Waals surface area contributed by atoms with Gasteiger partial charge >= 0.3 is 0 Å². The Morgan fingerprint density at radius 3 is 2.63 bits per heavy atom. The van der Waals surface area contributed by atoms with E-state index in [-0.39, 0.29) is 17.9 Å². The molecule has 1 fully saturated rings. The van der Waals surface area contributed by atoms with E-state index in [1.54, 1.807) is 0 Å². The van der Waals surface area contributed by atoms with Gasteiger partial charge in [0.2, 0.25) is 5.91 Å². The van der Waals surface area contributed by atoms with E-state index in [9.17, 15) is 9.90 Å². The van der Waals surface area contributed by atoms with Crippen LogP contribution in [0, 0.1) is 0 Å². The van der Waals surface area contributed by atoms with Gasteiger partial charge in [0.25, 0.3) is 0 Å². The zero-order valence-electron chi connectivity index (χ0n) is 11.5. The number of carbonyl (C=O) groups excluding carboxylic acids is 1. The molecule has 19 heavy (non-hydrogen) atoms. The number of carbonyl (C=O) groups is 1. The third-order valence-corrected chi connectivity index (χ3v) is 4.00. The second kappa shape index (κ2) is 6.71. The summed E-state index contributed by atoms with van der Waals surface area (Å²) in [5.41, 5.74) is 1.02. The lowest BCUT2D eigenvalue weighted by atomic mass is 9.99. The van der Waals surface area contributed by atoms with Gasteiger partial charge in [-0.1, -0.05) is 49.6 Å². The minimum atomic E-state index is -0.394. The Kier molecular flexibility index (Phi) is 4.97. The highest BCUT2D eigenvalue weighted by Crippen LogP contribution is 2.20. The van der Waals surface area contributed by atoms with Crippen molar-refractivity contribution in [3.05, 3.63) is 35.9 Å². The van der Waals surface area contributed by atoms with Gasteiger partial charge in [-0.2, -0.15) is 0 Å². The van der Waals surface area contributed by atoms with Crippen LogP contribution in [0.15, 0.2) is 30.3 Å². The third kappa shape index (κ3) is 3.80. The number of rotatable bonds is 3. The zero-order chi connectivity index (χ0) is 13.7. The van der Waals surface area contributed by atoms with Crippen molar-refractivity contribution in [2.45, 2.75) is 57.1 Å². The highest BCUT2D eigenvalue weighted by Gasteiger charge is 2.25. The second-order valence-corrected chi connectivity index (χ2v) is 5.45. The molecule has 0 heterocycles. The van der Waals surface area contributed by atoms with Crippen molar-refractivity contribution in [3.8, 4) is 0 Å². The fourth-order valence-corrected chi connectivity index (χ4v) is 2.66. The molecule has 0 bridgehead atoms. The summed E-state index contributed by atoms with van der Waals surface area (Å²) in [5.74, 6) is -0.159. The van der Waals surface area contributed by atoms with E-state index in [0.717, 1.165) is 37.7 Å². The summed E-state index contributed by atoms with van der Waals surface area (Å²) in [6.45, 7) is 1.91. The molecule has 2 N–H and O–H groups in total. The van der Waals surface area contributed by atoms with Crippen LogP contribution >= 0.6 is 0 Å². The summed E-state index contributed by atoms with van der Waals surface area (Å²) in [6.07, 6.45) is 4.58. The van der Waals surface area contributed by atoms with Crippen LogP contribution < -0.4 is 5.32 Å². The smallest absolute Gasteiger partial charge is 0.227 e. The first kappa shape index (κ1) is 14.1. The van der Waals surface area contributed by atoms with E-state index in [4.69, 9.17) is 0 Å². The molecule has 3 atom stereocenters. The van der Waals surface area contributed by atoms with Crippen LogP contribution in [0.4, 0.5) is 0 Å². The lowest BCUT2D eigenvalue weighted by Gasteiger charge is -2.23. The van der Waals surface area contributed by atoms with Gasteiger partial charge in [-0.3, -0.25) is 4.79 Å². The number of benzene rings is 1. The number of hydrogen-bond acceptors (Lipinski definition) is 2. The fraction of sp³-hybridized carbons (Fsp3) is 0.562. The van der Waals surface area contributed by atoms with Crippen LogP contribution in [-0.4, -0.2) is 23.2 Å². The van der Waals surface area contributed by atoms with Crippen LogP contribution in [0.2, 0.25) is 0 Å². The topological polar surface area (TPSA) is 49.3 Å². The van der Waals surface area contributed by atoms with Crippen molar-refractivity contribution in [1.29, 1.82) is 0 Å². The van der Waals surface area contributed by atoms with Crippen molar-refractivity contribution in [3.63, 3.8) is 0 Å². The molecule has 1 saturated carbocycles. The molecule has 2 rings (SSSR count). The Bertz CT molecular complexity index is 404. The molecule has 1 aromatic rings. The maximum Gasteiger partial charge on any atom is 0.227 e. The number of amides is 1. The van der Waals surface area contributed by atoms with Gasteiger partial charge in [0.15, 0.2) is 0 Å². The minimum absolute atomic E-state index is 0.0112. The van der Waals surface area contributed by atoms with E-state index in [2.05, 4.69) is 5.32 Å². The fourth-order valence-electron chi connectivity index (χ4n) is 2.66. The molecular weight excluding hydrogens is 238 g/mol. The van der Waals surface area contributed by atoms with Gasteiger partial charge < -0.3 is 10.4 Å². The molecule has 0 radical (unpaired) electrons. The lowest BCUT2D eigenvalue weighted by molar-refractivity contribution is -0.123. The first-order valence-electron chi connectivity index (χ1n) is 7.22. The van der Waals surface area contributed by atoms with E-state index < -0.39 is 6.10 Å². The van der Waals surface area contributed by atoms with Crippen LogP contribution in [0.3, 0.4) is 0 Å². The molecule has 1 aliphatic carbocycles. The number of hydrogen-bond donors (Lipinski definition) is 2. The Hall–Kier alpha value is -1.35. The standard InChI is InChI=1S/C16H23NO2/c1-12(13-8-4-2-5-9-13)16(19)17-14-10-6-3-7-11-15(14)18/h2,4-5,8-9,12,14-15,18H,3,6-7,10-11H2,1H3,(H,17,19). The van der Waals surface area contributed by atoms with Crippen molar-refractivity contribution < 1.29 is 9.90 Å². The van der Waals surface area contributed by atoms with Gasteiger partial charge in [-0.25, -0.2) is 0 Å². The van der Waals surface area contributed by atoms with E-state index in [1.165, 1.54) is 0 Å². The van der Waals surface area contributed by atoms with Crippen LogP contribution in [0.1, 0.15) is 50.5 Å². The average Bonchev–Trinajstić information content (AvgIpc) is 2.64. The van der Waals surface area contributed by atoms with Gasteiger partial charge in [0.05, 0.1) is 18.1 Å². The van der Waals surface area contributed by atoms with E-state index in [0.29, 0.717) is 0 Å². The normalized spacial score (nSPS) is 25.4. The third-order valence-electron chi connectivity index (χ3n) is 4.00. The van der Waals surface area contributed by atoms with E-state index >= 15 is 0 Å². The van der Waals surface area contributed by atoms with Gasteiger partial charge in [-0.05, 0) is 25.3 Å². The summed E-state index contributed by atoms with van der Waals surface area (Å²) in [7, 11) is 0. The number of nitrogens with one attached hydrogen (secondary N) is 1. The van der Waals surface area contributed by atoms with Crippen LogP contribution in [0.5, 0.6) is 0 Å². The SMILES string of the molecule is CC(C(=O)NC1CCCCCC1O)c1ccccc1. The summed E-state index contributed by atoms with van der Waals surface area (Å²) < 4.78 is 0. The highest BCUT2D eigenvalue weighted by molar-refractivity contribution is 5.83.